The molecule has 9 heteroatoms. The number of halogens is 1. The second-order valence-electron chi connectivity index (χ2n) is 8.63. The molecule has 1 amide bonds. The number of primary amides is 1. The van der Waals surface area contributed by atoms with Crippen LogP contribution >= 0.6 is 22.9 Å². The van der Waals surface area contributed by atoms with E-state index in [2.05, 4.69) is 47.1 Å². The van der Waals surface area contributed by atoms with E-state index in [1.807, 2.05) is 23.6 Å². The summed E-state index contributed by atoms with van der Waals surface area (Å²) in [6.45, 7) is 14.5. The van der Waals surface area contributed by atoms with Crippen LogP contribution in [-0.2, 0) is 6.54 Å². The number of allylic oxidation sites excluding steroid dienone is 2. The van der Waals surface area contributed by atoms with E-state index in [-0.39, 0.29) is 0 Å². The third kappa shape index (κ3) is 5.51. The summed E-state index contributed by atoms with van der Waals surface area (Å²) in [7, 11) is 2.16. The maximum Gasteiger partial charge on any atom is 0.262 e. The maximum atomic E-state index is 12.2. The Hall–Kier alpha value is -2.91. The normalized spacial score (nSPS) is 16.7. The number of hydrogen-bond acceptors (Lipinski definition) is 6. The maximum absolute atomic E-state index is 12.2. The van der Waals surface area contributed by atoms with Gasteiger partial charge in [0.25, 0.3) is 5.91 Å². The highest BCUT2D eigenvalue weighted by Gasteiger charge is 2.21. The quantitative estimate of drug-likeness (QED) is 0.426. The number of aromatic nitrogens is 2. The van der Waals surface area contributed by atoms with E-state index in [0.29, 0.717) is 21.2 Å². The Morgan fingerprint density at radius 1 is 1.26 bits per heavy atom. The van der Waals surface area contributed by atoms with Crippen molar-refractivity contribution in [3.05, 3.63) is 76.9 Å². The van der Waals surface area contributed by atoms with Gasteiger partial charge >= 0.3 is 0 Å². The van der Waals surface area contributed by atoms with Gasteiger partial charge in [0.1, 0.15) is 28.1 Å². The molecule has 1 saturated heterocycles. The molecule has 35 heavy (non-hydrogen) atoms. The molecule has 4 rings (SSSR count). The first kappa shape index (κ1) is 25.2. The molecule has 3 aromatic rings. The lowest BCUT2D eigenvalue weighted by molar-refractivity contribution is 0.0999. The molecule has 1 atom stereocenters. The van der Waals surface area contributed by atoms with Crippen LogP contribution in [0.2, 0.25) is 0 Å². The van der Waals surface area contributed by atoms with E-state index >= 15 is 0 Å². The average molecular weight is 512 g/mol. The van der Waals surface area contributed by atoms with E-state index in [9.17, 15) is 4.79 Å². The molecular weight excluding hydrogens is 482 g/mol. The topological polar surface area (TPSA) is 76.6 Å². The first-order valence-corrected chi connectivity index (χ1v) is 12.6. The summed E-state index contributed by atoms with van der Waals surface area (Å²) in [6.07, 6.45) is 4.46. The molecule has 1 aliphatic rings. The molecule has 0 spiro atoms. The Labute approximate surface area is 214 Å². The Balaban J connectivity index is 1.65. The molecule has 2 N–H and O–H groups in total. The summed E-state index contributed by atoms with van der Waals surface area (Å²) in [4.78, 5) is 21.9. The fourth-order valence-electron chi connectivity index (χ4n) is 4.16. The fourth-order valence-corrected chi connectivity index (χ4v) is 5.32. The number of fused-ring (bicyclic) bond motifs is 1. The molecule has 3 heterocycles. The van der Waals surface area contributed by atoms with Gasteiger partial charge in [0.05, 0.1) is 11.0 Å². The molecule has 0 aliphatic carbocycles. The number of thiophene rings is 1. The van der Waals surface area contributed by atoms with E-state index in [1.54, 1.807) is 12.4 Å². The van der Waals surface area contributed by atoms with Gasteiger partial charge in [-0.15, -0.1) is 11.3 Å². The highest BCUT2D eigenvalue weighted by molar-refractivity contribution is 7.16. The number of nitrogens with zero attached hydrogens (tertiary/aromatic N) is 4. The number of likely N-dealkylation sites (N-methyl/N-ethyl adjacent to an activating group) is 1. The van der Waals surface area contributed by atoms with Crippen molar-refractivity contribution in [1.82, 2.24) is 19.4 Å². The molecular formula is C26H30ClN5O2S. The standard InChI is InChI=1S/C26H30ClN5O2S/c1-5-19(20(27)6-2)17(3)34-23-14-24(35-25(23)26(28)33)32-16-29-21-8-7-18(13-22(21)32)15-31-11-9-30(4)10-12-31/h5-8,13-14,16-17H,1-2,9-12,15H2,3-4H3,(H2,28,33)/b20-19-. The molecule has 7 nitrogen and oxygen atoms in total. The number of amides is 1. The average Bonchev–Trinajstić information content (AvgIpc) is 3.44. The largest absolute Gasteiger partial charge is 0.484 e. The summed E-state index contributed by atoms with van der Waals surface area (Å²) in [5.41, 5.74) is 9.43. The van der Waals surface area contributed by atoms with Crippen molar-refractivity contribution in [1.29, 1.82) is 0 Å². The third-order valence-electron chi connectivity index (χ3n) is 6.18. The first-order chi connectivity index (χ1) is 16.8. The highest BCUT2D eigenvalue weighted by Crippen LogP contribution is 2.35. The highest BCUT2D eigenvalue weighted by atomic mass is 35.5. The minimum atomic E-state index is -0.553. The minimum absolute atomic E-state index is 0.334. The number of nitrogens with two attached hydrogens (primary N) is 1. The number of piperazine rings is 1. The number of rotatable bonds is 9. The minimum Gasteiger partial charge on any atom is -0.484 e. The van der Waals surface area contributed by atoms with Crippen LogP contribution in [0.5, 0.6) is 5.75 Å². The van der Waals surface area contributed by atoms with Crippen molar-refractivity contribution in [2.75, 3.05) is 33.2 Å². The van der Waals surface area contributed by atoms with Crippen LogP contribution in [-0.4, -0.2) is 64.6 Å². The van der Waals surface area contributed by atoms with Gasteiger partial charge in [0.2, 0.25) is 0 Å². The van der Waals surface area contributed by atoms with E-state index in [1.165, 1.54) is 23.0 Å². The summed E-state index contributed by atoms with van der Waals surface area (Å²) >= 11 is 7.51. The lowest BCUT2D eigenvalue weighted by Gasteiger charge is -2.32. The van der Waals surface area contributed by atoms with Crippen LogP contribution in [0.3, 0.4) is 0 Å². The second kappa shape index (κ2) is 10.8. The summed E-state index contributed by atoms with van der Waals surface area (Å²) in [5, 5.41) is 1.23. The van der Waals surface area contributed by atoms with Gasteiger partial charge in [0.15, 0.2) is 0 Å². The van der Waals surface area contributed by atoms with Crippen LogP contribution < -0.4 is 10.5 Å². The lowest BCUT2D eigenvalue weighted by Crippen LogP contribution is -2.43. The summed E-state index contributed by atoms with van der Waals surface area (Å²) in [5.74, 6) is -0.157. The van der Waals surface area contributed by atoms with Gasteiger partial charge in [0, 0.05) is 49.4 Å². The van der Waals surface area contributed by atoms with Crippen molar-refractivity contribution in [2.24, 2.45) is 5.73 Å². The van der Waals surface area contributed by atoms with Crippen LogP contribution in [0.15, 0.2) is 66.5 Å². The van der Waals surface area contributed by atoms with Gasteiger partial charge in [-0.1, -0.05) is 43.0 Å². The zero-order valence-electron chi connectivity index (χ0n) is 20.0. The number of ether oxygens (including phenoxy) is 1. The molecule has 0 saturated carbocycles. The van der Waals surface area contributed by atoms with E-state index in [4.69, 9.17) is 22.1 Å². The SMILES string of the molecule is C=C/C(Cl)=C(\C=C)C(C)Oc1cc(-n2cnc3ccc(CN4CCN(C)CC4)cc32)sc1C(N)=O. The predicted molar refractivity (Wildman–Crippen MR) is 144 cm³/mol. The monoisotopic (exact) mass is 511 g/mol. The Bertz CT molecular complexity index is 1290. The van der Waals surface area contributed by atoms with Crippen molar-refractivity contribution in [2.45, 2.75) is 19.6 Å². The number of carbonyl (C=O) groups excluding carboxylic acids is 1. The molecule has 0 radical (unpaired) electrons. The van der Waals surface area contributed by atoms with Crippen LogP contribution in [0.4, 0.5) is 0 Å². The number of benzene rings is 1. The number of carbonyl (C=O) groups is 1. The number of hydrogen-bond donors (Lipinski definition) is 1. The van der Waals surface area contributed by atoms with Gasteiger partial charge in [-0.3, -0.25) is 14.3 Å². The summed E-state index contributed by atoms with van der Waals surface area (Å²) < 4.78 is 8.08. The van der Waals surface area contributed by atoms with Crippen LogP contribution in [0, 0.1) is 0 Å². The zero-order chi connectivity index (χ0) is 25.1. The van der Waals surface area contributed by atoms with Crippen molar-refractivity contribution in [3.8, 4) is 10.8 Å². The van der Waals surface area contributed by atoms with Crippen molar-refractivity contribution in [3.63, 3.8) is 0 Å². The third-order valence-corrected chi connectivity index (χ3v) is 7.68. The molecule has 1 aliphatic heterocycles. The van der Waals surface area contributed by atoms with Gasteiger partial charge in [-0.05, 0) is 31.7 Å². The zero-order valence-corrected chi connectivity index (χ0v) is 21.6. The molecule has 2 aromatic heterocycles. The molecule has 0 bridgehead atoms. The predicted octanol–water partition coefficient (Wildman–Crippen LogP) is 4.57. The van der Waals surface area contributed by atoms with Crippen molar-refractivity contribution < 1.29 is 9.53 Å². The van der Waals surface area contributed by atoms with Gasteiger partial charge < -0.3 is 15.4 Å². The second-order valence-corrected chi connectivity index (χ2v) is 10.1. The fraction of sp³-hybridized carbons (Fsp3) is 0.308. The van der Waals surface area contributed by atoms with Crippen LogP contribution in [0.1, 0.15) is 22.2 Å². The Kier molecular flexibility index (Phi) is 7.76. The van der Waals surface area contributed by atoms with Crippen molar-refractivity contribution >= 4 is 39.9 Å². The number of imidazole rings is 1. The van der Waals surface area contributed by atoms with Gasteiger partial charge in [-0.2, -0.15) is 0 Å². The lowest BCUT2D eigenvalue weighted by atomic mass is 10.1. The Morgan fingerprint density at radius 2 is 2.00 bits per heavy atom. The summed E-state index contributed by atoms with van der Waals surface area (Å²) in [6, 6.07) is 8.15. The van der Waals surface area contributed by atoms with Gasteiger partial charge in [-0.25, -0.2) is 4.98 Å². The molecule has 1 fully saturated rings. The Morgan fingerprint density at radius 3 is 2.66 bits per heavy atom. The molecule has 1 aromatic carbocycles. The van der Waals surface area contributed by atoms with Crippen LogP contribution in [0.25, 0.3) is 16.0 Å². The molecule has 1 unspecified atom stereocenters. The smallest absolute Gasteiger partial charge is 0.262 e. The van der Waals surface area contributed by atoms with E-state index < -0.39 is 12.0 Å². The first-order valence-electron chi connectivity index (χ1n) is 11.4. The van der Waals surface area contributed by atoms with E-state index in [0.717, 1.165) is 48.8 Å². The molecule has 184 valence electrons.